The van der Waals surface area contributed by atoms with Crippen molar-refractivity contribution in [3.63, 3.8) is 0 Å². The van der Waals surface area contributed by atoms with Crippen LogP contribution in [0.3, 0.4) is 0 Å². The summed E-state index contributed by atoms with van der Waals surface area (Å²) in [4.78, 5) is 26.4. The minimum Gasteiger partial charge on any atom is -0.492 e. The number of nitrogens with zero attached hydrogens (tertiary/aromatic N) is 4. The summed E-state index contributed by atoms with van der Waals surface area (Å²) in [5, 5.41) is 8.82. The zero-order chi connectivity index (χ0) is 30.4. The van der Waals surface area contributed by atoms with Crippen LogP contribution in [0.15, 0.2) is 54.6 Å². The highest BCUT2D eigenvalue weighted by Gasteiger charge is 2.34. The van der Waals surface area contributed by atoms with E-state index in [9.17, 15) is 13.2 Å². The van der Waals surface area contributed by atoms with E-state index in [2.05, 4.69) is 25.8 Å². The van der Waals surface area contributed by atoms with Crippen LogP contribution in [-0.4, -0.2) is 100 Å². The molecule has 43 heavy (non-hydrogen) atoms. The number of carbonyl (C=O) groups is 1. The third-order valence-electron chi connectivity index (χ3n) is 7.18. The molecule has 2 aromatic carbocycles. The van der Waals surface area contributed by atoms with Gasteiger partial charge in [0, 0.05) is 55.4 Å². The third-order valence-corrected chi connectivity index (χ3v) is 8.13. The first-order valence-corrected chi connectivity index (χ1v) is 16.4. The van der Waals surface area contributed by atoms with Crippen LogP contribution in [0.2, 0.25) is 0 Å². The van der Waals surface area contributed by atoms with Crippen molar-refractivity contribution in [3.05, 3.63) is 54.6 Å². The first-order chi connectivity index (χ1) is 20.6. The van der Waals surface area contributed by atoms with E-state index < -0.39 is 9.84 Å². The van der Waals surface area contributed by atoms with E-state index in [1.54, 1.807) is 24.3 Å². The molecule has 3 N–H and O–H groups in total. The highest BCUT2D eigenvalue weighted by Crippen LogP contribution is 2.31. The van der Waals surface area contributed by atoms with Gasteiger partial charge in [-0.05, 0) is 75.5 Å². The van der Waals surface area contributed by atoms with Crippen molar-refractivity contribution in [1.82, 2.24) is 14.9 Å². The Morgan fingerprint density at radius 3 is 2.23 bits per heavy atom. The van der Waals surface area contributed by atoms with Crippen LogP contribution in [0.1, 0.15) is 12.8 Å². The summed E-state index contributed by atoms with van der Waals surface area (Å²) in [5.41, 5.74) is 2.02. The van der Waals surface area contributed by atoms with Gasteiger partial charge in [-0.1, -0.05) is 0 Å². The smallest absolute Gasteiger partial charge is 0.323 e. The number of rotatable bonds is 12. The molecule has 2 bridgehead atoms. The van der Waals surface area contributed by atoms with Gasteiger partial charge in [0.05, 0.1) is 18.0 Å². The number of hydrogen-bond donors (Lipinski definition) is 3. The lowest BCUT2D eigenvalue weighted by Crippen LogP contribution is -2.43. The maximum Gasteiger partial charge on any atom is 0.323 e. The molecule has 13 heteroatoms. The number of carbonyl (C=O) groups excluding carboxylic acids is 1. The molecule has 2 saturated heterocycles. The van der Waals surface area contributed by atoms with Gasteiger partial charge < -0.3 is 35.2 Å². The van der Waals surface area contributed by atoms with Crippen molar-refractivity contribution in [2.45, 2.75) is 25.0 Å². The molecule has 2 fully saturated rings. The topological polar surface area (TPSA) is 138 Å². The monoisotopic (exact) mass is 609 g/mol. The number of anilines is 4. The molecular weight excluding hydrogens is 570 g/mol. The Morgan fingerprint density at radius 1 is 1.00 bits per heavy atom. The quantitative estimate of drug-likeness (QED) is 0.280. The predicted octanol–water partition coefficient (Wildman–Crippen LogP) is 3.55. The number of nitrogens with one attached hydrogen (secondary N) is 3. The van der Waals surface area contributed by atoms with Crippen LogP contribution >= 0.6 is 0 Å². The van der Waals surface area contributed by atoms with E-state index in [1.165, 1.54) is 6.26 Å². The minimum atomic E-state index is -3.12. The molecule has 230 valence electrons. The molecule has 2 atom stereocenters. The number of benzene rings is 2. The summed E-state index contributed by atoms with van der Waals surface area (Å²) in [6.45, 7) is 3.14. The lowest BCUT2D eigenvalue weighted by atomic mass is 10.2. The molecule has 0 saturated carbocycles. The molecule has 1 aromatic heterocycles. The van der Waals surface area contributed by atoms with Gasteiger partial charge in [0.15, 0.2) is 5.82 Å². The summed E-state index contributed by atoms with van der Waals surface area (Å²) >= 11 is 0. The van der Waals surface area contributed by atoms with Crippen molar-refractivity contribution in [2.75, 3.05) is 79.7 Å². The number of likely N-dealkylation sites (N-methyl/N-ethyl adjacent to an activating group) is 1. The van der Waals surface area contributed by atoms with Crippen LogP contribution in [0, 0.1) is 0 Å². The largest absolute Gasteiger partial charge is 0.492 e. The van der Waals surface area contributed by atoms with Crippen molar-refractivity contribution in [3.8, 4) is 17.1 Å². The molecule has 5 rings (SSSR count). The van der Waals surface area contributed by atoms with E-state index in [-0.39, 0.29) is 30.5 Å². The number of ether oxygens (including phenoxy) is 2. The van der Waals surface area contributed by atoms with E-state index in [4.69, 9.17) is 14.5 Å². The Bertz CT molecular complexity index is 1490. The number of fused-ring (bicyclic) bond motifs is 2. The van der Waals surface area contributed by atoms with Crippen molar-refractivity contribution < 1.29 is 22.7 Å². The van der Waals surface area contributed by atoms with Gasteiger partial charge in [-0.25, -0.2) is 23.2 Å². The number of aromatic nitrogens is 2. The van der Waals surface area contributed by atoms with Gasteiger partial charge in [-0.3, -0.25) is 0 Å². The fourth-order valence-electron chi connectivity index (χ4n) is 4.96. The van der Waals surface area contributed by atoms with Gasteiger partial charge in [-0.2, -0.15) is 0 Å². The molecule has 3 heterocycles. The average Bonchev–Trinajstić information content (AvgIpc) is 3.30. The lowest BCUT2D eigenvalue weighted by Gasteiger charge is -2.33. The molecule has 12 nitrogen and oxygen atoms in total. The molecule has 0 spiro atoms. The second kappa shape index (κ2) is 13.6. The maximum absolute atomic E-state index is 12.6. The Labute approximate surface area is 252 Å². The zero-order valence-corrected chi connectivity index (χ0v) is 25.6. The van der Waals surface area contributed by atoms with E-state index in [0.717, 1.165) is 49.6 Å². The second-order valence-electron chi connectivity index (χ2n) is 11.2. The van der Waals surface area contributed by atoms with E-state index >= 15 is 0 Å². The number of morpholine rings is 1. The average molecular weight is 610 g/mol. The molecule has 2 aliphatic rings. The Balaban J connectivity index is 1.24. The van der Waals surface area contributed by atoms with Crippen molar-refractivity contribution in [2.24, 2.45) is 0 Å². The second-order valence-corrected chi connectivity index (χ2v) is 13.4. The summed E-state index contributed by atoms with van der Waals surface area (Å²) in [5.74, 6) is 2.56. The molecule has 0 radical (unpaired) electrons. The predicted molar refractivity (Wildman–Crippen MR) is 169 cm³/mol. The van der Waals surface area contributed by atoms with Crippen LogP contribution in [0.25, 0.3) is 11.4 Å². The molecule has 0 aliphatic carbocycles. The number of urea groups is 1. The van der Waals surface area contributed by atoms with Crippen molar-refractivity contribution in [1.29, 1.82) is 0 Å². The summed E-state index contributed by atoms with van der Waals surface area (Å²) < 4.78 is 35.0. The van der Waals surface area contributed by atoms with Gasteiger partial charge in [0.2, 0.25) is 0 Å². The minimum absolute atomic E-state index is 0.000495. The summed E-state index contributed by atoms with van der Waals surface area (Å²) in [6.07, 6.45) is 3.67. The fraction of sp³-hybridized carbons (Fsp3) is 0.433. The number of hydrogen-bond acceptors (Lipinski definition) is 10. The first-order valence-electron chi connectivity index (χ1n) is 14.4. The standard InChI is InChI=1S/C30H39N7O5S/c1-36(2)15-16-41-24-10-8-23(9-11-24)33-30(38)32-22-6-4-21(5-7-22)29-34-27(31-14-17-43(3,39)40)18-28(35-29)37-19-25-12-13-26(20-37)42-25/h4-11,18,25-26H,12-17,19-20H2,1-3H3,(H,31,34,35)(H2,32,33,38). The number of amides is 2. The Hall–Kier alpha value is -3.94. The molecular formula is C30H39N7O5S. The maximum atomic E-state index is 12.6. The van der Waals surface area contributed by atoms with Gasteiger partial charge in [-0.15, -0.1) is 0 Å². The first kappa shape index (κ1) is 30.5. The molecule has 2 unspecified atom stereocenters. The Morgan fingerprint density at radius 2 is 1.63 bits per heavy atom. The Kier molecular flexibility index (Phi) is 9.63. The molecule has 2 aliphatic heterocycles. The van der Waals surface area contributed by atoms with E-state index in [0.29, 0.717) is 29.6 Å². The van der Waals surface area contributed by atoms with E-state index in [1.807, 2.05) is 49.3 Å². The third kappa shape index (κ3) is 9.02. The normalized spacial score (nSPS) is 18.0. The molecule has 3 aromatic rings. The SMILES string of the molecule is CN(C)CCOc1ccc(NC(=O)Nc2ccc(-c3nc(NCCS(C)(=O)=O)cc(N4CC5CCC(C4)O5)n3)cc2)cc1. The lowest BCUT2D eigenvalue weighted by molar-refractivity contribution is 0.0302. The summed E-state index contributed by atoms with van der Waals surface area (Å²) in [6, 6.07) is 16.0. The van der Waals surface area contributed by atoms with Crippen LogP contribution in [-0.2, 0) is 14.6 Å². The number of sulfone groups is 1. The van der Waals surface area contributed by atoms with Gasteiger partial charge in [0.25, 0.3) is 0 Å². The fourth-order valence-corrected chi connectivity index (χ4v) is 5.43. The van der Waals surface area contributed by atoms with Crippen LogP contribution < -0.4 is 25.6 Å². The highest BCUT2D eigenvalue weighted by atomic mass is 32.2. The van der Waals surface area contributed by atoms with Crippen LogP contribution in [0.5, 0.6) is 5.75 Å². The van der Waals surface area contributed by atoms with Crippen molar-refractivity contribution >= 4 is 38.9 Å². The van der Waals surface area contributed by atoms with Gasteiger partial charge in [0.1, 0.15) is 33.8 Å². The van der Waals surface area contributed by atoms with Gasteiger partial charge >= 0.3 is 6.03 Å². The van der Waals surface area contributed by atoms with Crippen LogP contribution in [0.4, 0.5) is 27.8 Å². The highest BCUT2D eigenvalue weighted by molar-refractivity contribution is 7.90. The molecule has 2 amide bonds. The summed E-state index contributed by atoms with van der Waals surface area (Å²) in [7, 11) is 0.863. The zero-order valence-electron chi connectivity index (χ0n) is 24.7.